The molecule has 0 aliphatic carbocycles. The fourth-order valence-electron chi connectivity index (χ4n) is 4.75. The maximum absolute atomic E-state index is 12.7. The van der Waals surface area contributed by atoms with E-state index in [1.165, 1.54) is 6.42 Å². The summed E-state index contributed by atoms with van der Waals surface area (Å²) in [5.41, 5.74) is 0.855. The average molecular weight is 397 g/mol. The van der Waals surface area contributed by atoms with Crippen LogP contribution in [-0.4, -0.2) is 90.4 Å². The molecule has 154 valence electrons. The van der Waals surface area contributed by atoms with Gasteiger partial charge in [0.15, 0.2) is 5.76 Å². The minimum Gasteiger partial charge on any atom is -0.451 e. The summed E-state index contributed by atoms with van der Waals surface area (Å²) in [5.74, 6) is 0.716. The summed E-state index contributed by atoms with van der Waals surface area (Å²) in [6.07, 6.45) is 3.88. The van der Waals surface area contributed by atoms with Gasteiger partial charge in [-0.1, -0.05) is 0 Å². The number of nitrogens with zero attached hydrogens (tertiary/aromatic N) is 4. The van der Waals surface area contributed by atoms with Crippen LogP contribution in [-0.2, 0) is 0 Å². The molecule has 8 heteroatoms. The van der Waals surface area contributed by atoms with Crippen molar-refractivity contribution in [2.24, 2.45) is 5.92 Å². The largest absolute Gasteiger partial charge is 0.451 e. The smallest absolute Gasteiger partial charge is 0.289 e. The standard InChI is InChI=1S/C21H27N5O3/c1-24-4-6-26(7-5-24)21(28)19-9-15-11-22-17(10-18(15)29-19)20(27)23-16-8-14-2-3-25(12-14)13-16/h9-11,14,16H,2-8,12-13H2,1H3,(H,23,27)/t14-,16-/m1/s1. The minimum atomic E-state index is -0.178. The Bertz CT molecular complexity index is 922. The molecular formula is C21H27N5O3. The van der Waals surface area contributed by atoms with E-state index in [9.17, 15) is 9.59 Å². The molecule has 3 aliphatic heterocycles. The van der Waals surface area contributed by atoms with Crippen molar-refractivity contribution in [3.05, 3.63) is 29.8 Å². The Kier molecular flexibility index (Phi) is 4.75. The van der Waals surface area contributed by atoms with Gasteiger partial charge in [0.25, 0.3) is 11.8 Å². The highest BCUT2D eigenvalue weighted by Gasteiger charge is 2.33. The zero-order chi connectivity index (χ0) is 20.0. The van der Waals surface area contributed by atoms with E-state index in [-0.39, 0.29) is 17.9 Å². The van der Waals surface area contributed by atoms with Gasteiger partial charge >= 0.3 is 0 Å². The topological polar surface area (TPSA) is 81.9 Å². The molecule has 1 unspecified atom stereocenters. The first-order valence-corrected chi connectivity index (χ1v) is 10.5. The van der Waals surface area contributed by atoms with E-state index in [1.807, 2.05) is 4.90 Å². The van der Waals surface area contributed by atoms with Gasteiger partial charge in [-0.3, -0.25) is 14.6 Å². The Morgan fingerprint density at radius 1 is 1.14 bits per heavy atom. The number of fused-ring (bicyclic) bond motifs is 3. The number of likely N-dealkylation sites (N-methyl/N-ethyl adjacent to an activating group) is 1. The maximum Gasteiger partial charge on any atom is 0.289 e. The van der Waals surface area contributed by atoms with Crippen molar-refractivity contribution in [1.29, 1.82) is 0 Å². The van der Waals surface area contributed by atoms with E-state index >= 15 is 0 Å². The Morgan fingerprint density at radius 3 is 2.76 bits per heavy atom. The molecule has 0 saturated carbocycles. The average Bonchev–Trinajstić information content (AvgIpc) is 3.30. The Balaban J connectivity index is 1.29. The van der Waals surface area contributed by atoms with Gasteiger partial charge in [0.05, 0.1) is 0 Å². The summed E-state index contributed by atoms with van der Waals surface area (Å²) in [4.78, 5) is 36.2. The van der Waals surface area contributed by atoms with E-state index in [2.05, 4.69) is 27.1 Å². The van der Waals surface area contributed by atoms with E-state index in [1.54, 1.807) is 18.3 Å². The molecule has 29 heavy (non-hydrogen) atoms. The zero-order valence-corrected chi connectivity index (χ0v) is 16.8. The molecule has 1 N–H and O–H groups in total. The zero-order valence-electron chi connectivity index (χ0n) is 16.8. The highest BCUT2D eigenvalue weighted by atomic mass is 16.3. The Morgan fingerprint density at radius 2 is 1.97 bits per heavy atom. The third-order valence-electron chi connectivity index (χ3n) is 6.44. The van der Waals surface area contributed by atoms with Crippen LogP contribution in [0.5, 0.6) is 0 Å². The molecule has 3 fully saturated rings. The van der Waals surface area contributed by atoms with Crippen LogP contribution in [0.4, 0.5) is 0 Å². The van der Waals surface area contributed by atoms with E-state index in [0.717, 1.165) is 44.5 Å². The number of hydrogen-bond donors (Lipinski definition) is 1. The molecule has 3 atom stereocenters. The van der Waals surface area contributed by atoms with Crippen LogP contribution in [0.2, 0.25) is 0 Å². The number of hydrogen-bond acceptors (Lipinski definition) is 6. The molecule has 2 amide bonds. The lowest BCUT2D eigenvalue weighted by molar-refractivity contribution is 0.0635. The lowest BCUT2D eigenvalue weighted by Crippen LogP contribution is -2.47. The first kappa shape index (κ1) is 18.6. The van der Waals surface area contributed by atoms with Crippen molar-refractivity contribution in [1.82, 2.24) is 25.0 Å². The predicted octanol–water partition coefficient (Wildman–Crippen LogP) is 1.04. The molecule has 2 aromatic heterocycles. The summed E-state index contributed by atoms with van der Waals surface area (Å²) in [7, 11) is 2.05. The van der Waals surface area contributed by atoms with Crippen molar-refractivity contribution in [3.8, 4) is 0 Å². The van der Waals surface area contributed by atoms with Gasteiger partial charge in [-0.25, -0.2) is 0 Å². The van der Waals surface area contributed by atoms with E-state index in [0.29, 0.717) is 36.0 Å². The number of aromatic nitrogens is 1. The maximum atomic E-state index is 12.7. The number of furan rings is 1. The first-order valence-electron chi connectivity index (χ1n) is 10.5. The monoisotopic (exact) mass is 397 g/mol. The number of nitrogens with one attached hydrogen (secondary N) is 1. The first-order chi connectivity index (χ1) is 14.0. The van der Waals surface area contributed by atoms with Gasteiger partial charge in [0, 0.05) is 63.0 Å². The van der Waals surface area contributed by atoms with E-state index in [4.69, 9.17) is 4.42 Å². The van der Waals surface area contributed by atoms with Crippen molar-refractivity contribution >= 4 is 22.8 Å². The van der Waals surface area contributed by atoms with Crippen LogP contribution in [0.25, 0.3) is 11.0 Å². The molecule has 3 saturated heterocycles. The molecule has 5 heterocycles. The second kappa shape index (κ2) is 7.42. The summed E-state index contributed by atoms with van der Waals surface area (Å²) in [5, 5.41) is 3.86. The fraction of sp³-hybridized carbons (Fsp3) is 0.571. The third-order valence-corrected chi connectivity index (χ3v) is 6.44. The number of amides is 2. The molecule has 0 aromatic carbocycles. The number of piperidine rings is 1. The Hall–Kier alpha value is -2.45. The van der Waals surface area contributed by atoms with Gasteiger partial charge < -0.3 is 24.4 Å². The van der Waals surface area contributed by atoms with Crippen LogP contribution in [0.1, 0.15) is 33.9 Å². The van der Waals surface area contributed by atoms with Crippen LogP contribution < -0.4 is 5.32 Å². The second-order valence-corrected chi connectivity index (χ2v) is 8.63. The SMILES string of the molecule is CN1CCN(C(=O)c2cc3cnc(C(=O)N[C@@H]4C[C@H]5CCN(C5)C4)cc3o2)CC1. The van der Waals surface area contributed by atoms with Gasteiger partial charge in [-0.15, -0.1) is 0 Å². The second-order valence-electron chi connectivity index (χ2n) is 8.63. The molecule has 8 nitrogen and oxygen atoms in total. The molecular weight excluding hydrogens is 370 g/mol. The van der Waals surface area contributed by atoms with Crippen LogP contribution in [0.3, 0.4) is 0 Å². The number of rotatable bonds is 3. The normalized spacial score (nSPS) is 27.3. The summed E-state index contributed by atoms with van der Waals surface area (Å²) in [6.45, 7) is 6.31. The van der Waals surface area contributed by atoms with Crippen LogP contribution in [0, 0.1) is 5.92 Å². The van der Waals surface area contributed by atoms with Crippen molar-refractivity contribution < 1.29 is 14.0 Å². The van der Waals surface area contributed by atoms with E-state index < -0.39 is 0 Å². The van der Waals surface area contributed by atoms with Gasteiger partial charge in [0.1, 0.15) is 11.3 Å². The highest BCUT2D eigenvalue weighted by Crippen LogP contribution is 2.27. The van der Waals surface area contributed by atoms with Crippen molar-refractivity contribution in [3.63, 3.8) is 0 Å². The number of carbonyl (C=O) groups excluding carboxylic acids is 2. The summed E-state index contributed by atoms with van der Waals surface area (Å²) >= 11 is 0. The molecule has 2 aromatic rings. The van der Waals surface area contributed by atoms with Gasteiger partial charge in [0.2, 0.25) is 0 Å². The number of pyridine rings is 1. The molecule has 5 rings (SSSR count). The number of piperazine rings is 1. The molecule has 2 bridgehead atoms. The lowest BCUT2D eigenvalue weighted by Gasteiger charge is -2.31. The van der Waals surface area contributed by atoms with Crippen LogP contribution >= 0.6 is 0 Å². The summed E-state index contributed by atoms with van der Waals surface area (Å²) in [6, 6.07) is 3.53. The highest BCUT2D eigenvalue weighted by molar-refractivity contribution is 5.98. The molecule has 0 radical (unpaired) electrons. The van der Waals surface area contributed by atoms with Crippen molar-refractivity contribution in [2.45, 2.75) is 18.9 Å². The Labute approximate surface area is 169 Å². The quantitative estimate of drug-likeness (QED) is 0.834. The van der Waals surface area contributed by atoms with Gasteiger partial charge in [-0.05, 0) is 38.4 Å². The minimum absolute atomic E-state index is 0.105. The molecule has 3 aliphatic rings. The van der Waals surface area contributed by atoms with Crippen molar-refractivity contribution in [2.75, 3.05) is 52.9 Å². The fourth-order valence-corrected chi connectivity index (χ4v) is 4.75. The number of carbonyl (C=O) groups is 2. The predicted molar refractivity (Wildman–Crippen MR) is 108 cm³/mol. The summed E-state index contributed by atoms with van der Waals surface area (Å²) < 4.78 is 5.80. The molecule has 0 spiro atoms. The van der Waals surface area contributed by atoms with Gasteiger partial charge in [-0.2, -0.15) is 0 Å². The third kappa shape index (κ3) is 3.74. The lowest BCUT2D eigenvalue weighted by atomic mass is 9.97. The van der Waals surface area contributed by atoms with Crippen LogP contribution in [0.15, 0.2) is 22.7 Å².